The summed E-state index contributed by atoms with van der Waals surface area (Å²) in [6.07, 6.45) is -4.46. The number of rotatable bonds is 2. The fourth-order valence-electron chi connectivity index (χ4n) is 2.02. The minimum Gasteiger partial charge on any atom is -0.384 e. The average Bonchev–Trinajstić information content (AvgIpc) is 2.32. The summed E-state index contributed by atoms with van der Waals surface area (Å²) < 4.78 is 39.2. The predicted octanol–water partition coefficient (Wildman–Crippen LogP) is 4.81. The van der Waals surface area contributed by atoms with Crippen LogP contribution in [0.2, 0.25) is 0 Å². The number of pyridine rings is 1. The van der Waals surface area contributed by atoms with Gasteiger partial charge in [-0.15, -0.1) is 0 Å². The lowest BCUT2D eigenvalue weighted by atomic mass is 10.1. The van der Waals surface area contributed by atoms with E-state index in [4.69, 9.17) is 5.73 Å². The third-order valence-electron chi connectivity index (χ3n) is 2.92. The van der Waals surface area contributed by atoms with E-state index in [2.05, 4.69) is 26.2 Å². The van der Waals surface area contributed by atoms with Gasteiger partial charge in [-0.25, -0.2) is 4.98 Å². The van der Waals surface area contributed by atoms with E-state index in [0.717, 1.165) is 27.7 Å². The van der Waals surface area contributed by atoms with Gasteiger partial charge >= 0.3 is 6.18 Å². The molecule has 3 nitrogen and oxygen atoms in total. The minimum absolute atomic E-state index is 0.0656. The Labute approximate surface area is 128 Å². The number of nitrogens with zero attached hydrogens (tertiary/aromatic N) is 1. The molecular formula is C14H13BrF3N3. The lowest BCUT2D eigenvalue weighted by Crippen LogP contribution is -2.09. The Morgan fingerprint density at radius 1 is 1.10 bits per heavy atom. The summed E-state index contributed by atoms with van der Waals surface area (Å²) in [6, 6.07) is 5.49. The molecule has 2 rings (SSSR count). The van der Waals surface area contributed by atoms with Gasteiger partial charge in [-0.1, -0.05) is 15.9 Å². The standard InChI is InChI=1S/C14H13BrF3N3/c1-7-3-10(15)4-8(2)13(7)21-12-6-9(14(16,17)18)5-11(19)20-12/h3-6H,1-2H3,(H3,19,20,21). The van der Waals surface area contributed by atoms with Crippen LogP contribution in [0.3, 0.4) is 0 Å². The fourth-order valence-corrected chi connectivity index (χ4v) is 2.70. The van der Waals surface area contributed by atoms with E-state index in [1.807, 2.05) is 26.0 Å². The number of alkyl halides is 3. The van der Waals surface area contributed by atoms with Gasteiger partial charge in [0, 0.05) is 10.2 Å². The number of aryl methyl sites for hydroxylation is 2. The zero-order valence-electron chi connectivity index (χ0n) is 11.3. The highest BCUT2D eigenvalue weighted by molar-refractivity contribution is 9.10. The van der Waals surface area contributed by atoms with Crippen molar-refractivity contribution in [3.63, 3.8) is 0 Å². The van der Waals surface area contributed by atoms with Crippen LogP contribution in [0, 0.1) is 13.8 Å². The van der Waals surface area contributed by atoms with Gasteiger partial charge in [-0.05, 0) is 49.2 Å². The Bertz CT molecular complexity index is 661. The monoisotopic (exact) mass is 359 g/mol. The molecule has 0 amide bonds. The van der Waals surface area contributed by atoms with E-state index in [1.54, 1.807) is 0 Å². The number of halogens is 4. The second-order valence-electron chi connectivity index (χ2n) is 4.70. The first-order chi connectivity index (χ1) is 9.66. The van der Waals surface area contributed by atoms with Gasteiger partial charge in [-0.2, -0.15) is 13.2 Å². The Kier molecular flexibility index (Phi) is 4.13. The zero-order chi connectivity index (χ0) is 15.8. The summed E-state index contributed by atoms with van der Waals surface area (Å²) in [5.74, 6) is -0.115. The van der Waals surface area contributed by atoms with E-state index in [1.165, 1.54) is 0 Å². The number of nitrogen functional groups attached to an aromatic ring is 1. The molecule has 0 bridgehead atoms. The number of nitrogens with two attached hydrogens (primary N) is 1. The van der Waals surface area contributed by atoms with Crippen molar-refractivity contribution < 1.29 is 13.2 Å². The van der Waals surface area contributed by atoms with Crippen molar-refractivity contribution >= 4 is 33.3 Å². The number of nitrogens with one attached hydrogen (secondary N) is 1. The number of hydrogen-bond donors (Lipinski definition) is 2. The van der Waals surface area contributed by atoms with Crippen LogP contribution in [0.1, 0.15) is 16.7 Å². The molecule has 0 saturated heterocycles. The van der Waals surface area contributed by atoms with Crippen LogP contribution in [0.15, 0.2) is 28.7 Å². The molecule has 7 heteroatoms. The normalized spacial score (nSPS) is 11.5. The van der Waals surface area contributed by atoms with Gasteiger partial charge in [0.05, 0.1) is 5.56 Å². The number of aromatic nitrogens is 1. The quantitative estimate of drug-likeness (QED) is 0.809. The van der Waals surface area contributed by atoms with Crippen LogP contribution in [-0.2, 0) is 6.18 Å². The highest BCUT2D eigenvalue weighted by Crippen LogP contribution is 2.33. The summed E-state index contributed by atoms with van der Waals surface area (Å²) in [6.45, 7) is 3.72. The Morgan fingerprint density at radius 2 is 1.67 bits per heavy atom. The second-order valence-corrected chi connectivity index (χ2v) is 5.62. The van der Waals surface area contributed by atoms with Crippen LogP contribution in [0.5, 0.6) is 0 Å². The molecule has 21 heavy (non-hydrogen) atoms. The molecule has 0 aliphatic carbocycles. The highest BCUT2D eigenvalue weighted by Gasteiger charge is 2.31. The van der Waals surface area contributed by atoms with E-state index >= 15 is 0 Å². The van der Waals surface area contributed by atoms with Crippen molar-refractivity contribution in [3.05, 3.63) is 45.4 Å². The first-order valence-electron chi connectivity index (χ1n) is 6.05. The average molecular weight is 360 g/mol. The molecule has 0 fully saturated rings. The van der Waals surface area contributed by atoms with Gasteiger partial charge in [0.15, 0.2) is 0 Å². The fraction of sp³-hybridized carbons (Fsp3) is 0.214. The first kappa shape index (κ1) is 15.6. The topological polar surface area (TPSA) is 50.9 Å². The van der Waals surface area contributed by atoms with Crippen molar-refractivity contribution in [2.75, 3.05) is 11.1 Å². The summed E-state index contributed by atoms with van der Waals surface area (Å²) in [5, 5.41) is 2.91. The van der Waals surface area contributed by atoms with Gasteiger partial charge < -0.3 is 11.1 Å². The summed E-state index contributed by atoms with van der Waals surface area (Å²) in [4.78, 5) is 3.90. The van der Waals surface area contributed by atoms with Crippen LogP contribution >= 0.6 is 15.9 Å². The lowest BCUT2D eigenvalue weighted by molar-refractivity contribution is -0.137. The van der Waals surface area contributed by atoms with Crippen LogP contribution < -0.4 is 11.1 Å². The lowest BCUT2D eigenvalue weighted by Gasteiger charge is -2.15. The molecule has 0 spiro atoms. The summed E-state index contributed by atoms with van der Waals surface area (Å²) in [5.41, 5.74) is 7.11. The van der Waals surface area contributed by atoms with Gasteiger partial charge in [0.2, 0.25) is 0 Å². The highest BCUT2D eigenvalue weighted by atomic mass is 79.9. The second kappa shape index (κ2) is 5.55. The smallest absolute Gasteiger partial charge is 0.384 e. The van der Waals surface area contributed by atoms with E-state index < -0.39 is 11.7 Å². The first-order valence-corrected chi connectivity index (χ1v) is 6.84. The SMILES string of the molecule is Cc1cc(Br)cc(C)c1Nc1cc(C(F)(F)F)cc(N)n1. The van der Waals surface area contributed by atoms with Gasteiger partial charge in [0.1, 0.15) is 11.6 Å². The maximum Gasteiger partial charge on any atom is 0.416 e. The molecule has 0 saturated carbocycles. The summed E-state index contributed by atoms with van der Waals surface area (Å²) >= 11 is 3.37. The molecule has 0 aliphatic heterocycles. The largest absolute Gasteiger partial charge is 0.416 e. The van der Waals surface area contributed by atoms with Crippen molar-refractivity contribution in [3.8, 4) is 0 Å². The van der Waals surface area contributed by atoms with Crippen LogP contribution in [0.4, 0.5) is 30.5 Å². The Hall–Kier alpha value is -1.76. The van der Waals surface area contributed by atoms with Crippen LogP contribution in [-0.4, -0.2) is 4.98 Å². The predicted molar refractivity (Wildman–Crippen MR) is 80.6 cm³/mol. The number of anilines is 3. The van der Waals surface area contributed by atoms with Crippen molar-refractivity contribution in [1.82, 2.24) is 4.98 Å². The Morgan fingerprint density at radius 3 is 2.19 bits per heavy atom. The molecule has 0 atom stereocenters. The van der Waals surface area contributed by atoms with Gasteiger partial charge in [0.25, 0.3) is 0 Å². The molecule has 1 aromatic carbocycles. The molecule has 0 unspecified atom stereocenters. The maximum absolute atomic E-state index is 12.8. The Balaban J connectivity index is 2.43. The van der Waals surface area contributed by atoms with Crippen LogP contribution in [0.25, 0.3) is 0 Å². The molecule has 0 radical (unpaired) electrons. The van der Waals surface area contributed by atoms with E-state index in [0.29, 0.717) is 5.69 Å². The van der Waals surface area contributed by atoms with Crippen molar-refractivity contribution in [1.29, 1.82) is 0 Å². The molecule has 2 aromatic rings. The van der Waals surface area contributed by atoms with Crippen molar-refractivity contribution in [2.24, 2.45) is 0 Å². The molecule has 3 N–H and O–H groups in total. The number of benzene rings is 1. The van der Waals surface area contributed by atoms with Gasteiger partial charge in [-0.3, -0.25) is 0 Å². The third-order valence-corrected chi connectivity index (χ3v) is 3.38. The molecule has 0 aliphatic rings. The molecular weight excluding hydrogens is 347 g/mol. The van der Waals surface area contributed by atoms with Crippen molar-refractivity contribution in [2.45, 2.75) is 20.0 Å². The maximum atomic E-state index is 12.8. The number of hydrogen-bond acceptors (Lipinski definition) is 3. The zero-order valence-corrected chi connectivity index (χ0v) is 12.9. The van der Waals surface area contributed by atoms with E-state index in [-0.39, 0.29) is 11.6 Å². The summed E-state index contributed by atoms with van der Waals surface area (Å²) in [7, 11) is 0. The molecule has 1 aromatic heterocycles. The van der Waals surface area contributed by atoms with E-state index in [9.17, 15) is 13.2 Å². The molecule has 112 valence electrons. The molecule has 1 heterocycles. The third kappa shape index (κ3) is 3.66. The minimum atomic E-state index is -4.46.